The van der Waals surface area contributed by atoms with Crippen LogP contribution in [0.5, 0.6) is 0 Å². The minimum Gasteiger partial charge on any atom is -0.458 e. The Kier molecular flexibility index (Phi) is 13.4. The molecule has 0 aromatic rings. The fraction of sp³-hybridized carbons (Fsp3) is 0.860. The minimum atomic E-state index is -0.275. The van der Waals surface area contributed by atoms with Gasteiger partial charge in [-0.05, 0) is 130 Å². The molecule has 280 valence electrons. The van der Waals surface area contributed by atoms with Crippen molar-refractivity contribution in [2.24, 2.45) is 64.6 Å². The summed E-state index contributed by atoms with van der Waals surface area (Å²) in [5.41, 5.74) is 1.19. The lowest BCUT2D eigenvalue weighted by molar-refractivity contribution is -0.168. The molecule has 0 heterocycles. The van der Waals surface area contributed by atoms with Gasteiger partial charge < -0.3 is 18.9 Å². The smallest absolute Gasteiger partial charge is 0.333 e. The van der Waals surface area contributed by atoms with Crippen LogP contribution in [0, 0.1) is 64.6 Å². The van der Waals surface area contributed by atoms with E-state index in [4.69, 9.17) is 18.9 Å². The van der Waals surface area contributed by atoms with E-state index in [-0.39, 0.29) is 77.6 Å². The molecular weight excluding hydrogens is 612 g/mol. The zero-order chi connectivity index (χ0) is 36.5. The molecule has 49 heavy (non-hydrogen) atoms. The topological polar surface area (TPSA) is 71.1 Å². The van der Waals surface area contributed by atoms with Gasteiger partial charge in [0.2, 0.25) is 0 Å². The largest absolute Gasteiger partial charge is 0.458 e. The van der Waals surface area contributed by atoms with Crippen molar-refractivity contribution in [2.45, 2.75) is 171 Å². The van der Waals surface area contributed by atoms with Crippen molar-refractivity contribution < 1.29 is 28.5 Å². The molecule has 0 bridgehead atoms. The van der Waals surface area contributed by atoms with E-state index in [1.165, 1.54) is 25.7 Å². The Morgan fingerprint density at radius 2 is 0.714 bits per heavy atom. The van der Waals surface area contributed by atoms with E-state index < -0.39 is 0 Å². The van der Waals surface area contributed by atoms with Gasteiger partial charge in [0.1, 0.15) is 12.2 Å². The van der Waals surface area contributed by atoms with Crippen molar-refractivity contribution in [3.63, 3.8) is 0 Å². The molecule has 4 rings (SSSR count). The maximum atomic E-state index is 12.2. The number of hydrogen-bond donors (Lipinski definition) is 0. The molecule has 0 spiro atoms. The summed E-state index contributed by atoms with van der Waals surface area (Å²) < 4.78 is 25.6. The SMILES string of the molecule is C=C(C)C(=O)OC1C(C)CC(OC2C(C)CC(C(C)(C)C3CC(C)C(OC4CC(C)C(OC(=O)C(=C)C)C(C)C4)C(C)C3)CC2C)CC1C. The van der Waals surface area contributed by atoms with Crippen molar-refractivity contribution in [1.29, 1.82) is 0 Å². The van der Waals surface area contributed by atoms with Gasteiger partial charge in [-0.15, -0.1) is 0 Å². The summed E-state index contributed by atoms with van der Waals surface area (Å²) in [6.07, 6.45) is 9.45. The van der Waals surface area contributed by atoms with Crippen LogP contribution >= 0.6 is 0 Å². The highest BCUT2D eigenvalue weighted by atomic mass is 16.6. The zero-order valence-corrected chi connectivity index (χ0v) is 33.3. The molecule has 4 saturated carbocycles. The quantitative estimate of drug-likeness (QED) is 0.169. The molecule has 8 atom stereocenters. The Morgan fingerprint density at radius 1 is 0.469 bits per heavy atom. The molecule has 0 N–H and O–H groups in total. The molecule has 0 aromatic heterocycles. The lowest BCUT2D eigenvalue weighted by atomic mass is 9.55. The molecule has 6 heteroatoms. The first-order valence-corrected chi connectivity index (χ1v) is 19.8. The van der Waals surface area contributed by atoms with Gasteiger partial charge in [-0.1, -0.05) is 82.4 Å². The van der Waals surface area contributed by atoms with Crippen molar-refractivity contribution in [2.75, 3.05) is 0 Å². The van der Waals surface area contributed by atoms with E-state index in [2.05, 4.69) is 82.4 Å². The third-order valence-electron chi connectivity index (χ3n) is 13.6. The Balaban J connectivity index is 1.30. The molecule has 0 aromatic carbocycles. The van der Waals surface area contributed by atoms with E-state index in [1.807, 2.05) is 0 Å². The first-order valence-electron chi connectivity index (χ1n) is 19.8. The zero-order valence-electron chi connectivity index (χ0n) is 33.3. The van der Waals surface area contributed by atoms with Crippen LogP contribution in [0.3, 0.4) is 0 Å². The average Bonchev–Trinajstić information content (AvgIpc) is 2.99. The Hall–Kier alpha value is -1.66. The van der Waals surface area contributed by atoms with Crippen molar-refractivity contribution in [3.05, 3.63) is 24.3 Å². The summed E-state index contributed by atoms with van der Waals surface area (Å²) in [5.74, 6) is 3.95. The lowest BCUT2D eigenvalue weighted by Gasteiger charge is -2.53. The average molecular weight is 685 g/mol. The summed E-state index contributed by atoms with van der Waals surface area (Å²) in [6, 6.07) is 0. The Bertz CT molecular complexity index is 1040. The van der Waals surface area contributed by atoms with Crippen LogP contribution in [0.25, 0.3) is 0 Å². The molecule has 4 fully saturated rings. The highest BCUT2D eigenvalue weighted by Gasteiger charge is 2.49. The Morgan fingerprint density at radius 3 is 0.959 bits per heavy atom. The normalized spacial score (nSPS) is 43.3. The van der Waals surface area contributed by atoms with Crippen LogP contribution in [-0.4, -0.2) is 48.6 Å². The van der Waals surface area contributed by atoms with Gasteiger partial charge in [0.25, 0.3) is 0 Å². The molecule has 8 unspecified atom stereocenters. The number of carbonyl (C=O) groups is 2. The van der Waals surface area contributed by atoms with Gasteiger partial charge in [0, 0.05) is 11.1 Å². The molecular formula is C43H72O6. The van der Waals surface area contributed by atoms with Gasteiger partial charge >= 0.3 is 11.9 Å². The fourth-order valence-corrected chi connectivity index (χ4v) is 10.8. The van der Waals surface area contributed by atoms with E-state index in [9.17, 15) is 9.59 Å². The van der Waals surface area contributed by atoms with Crippen molar-refractivity contribution in [3.8, 4) is 0 Å². The fourth-order valence-electron chi connectivity index (χ4n) is 10.8. The molecule has 0 amide bonds. The molecule has 0 aliphatic heterocycles. The van der Waals surface area contributed by atoms with Gasteiger partial charge in [-0.25, -0.2) is 9.59 Å². The first kappa shape index (κ1) is 40.1. The number of carbonyl (C=O) groups excluding carboxylic acids is 2. The summed E-state index contributed by atoms with van der Waals surface area (Å²) in [5, 5.41) is 0. The molecule has 0 saturated heterocycles. The number of hydrogen-bond acceptors (Lipinski definition) is 6. The summed E-state index contributed by atoms with van der Waals surface area (Å²) in [7, 11) is 0. The minimum absolute atomic E-state index is 0.0684. The second-order valence-corrected chi connectivity index (χ2v) is 18.7. The van der Waals surface area contributed by atoms with Crippen molar-refractivity contribution >= 4 is 11.9 Å². The molecule has 4 aliphatic rings. The lowest BCUT2D eigenvalue weighted by Crippen LogP contribution is -2.49. The predicted molar refractivity (Wildman–Crippen MR) is 198 cm³/mol. The molecule has 4 aliphatic carbocycles. The van der Waals surface area contributed by atoms with E-state index in [0.717, 1.165) is 25.7 Å². The standard InChI is InChI=1S/C43H72O6/c1-23(2)41(44)48-39-29(9)19-35(20-30(39)10)46-37-25(5)15-33(16-26(37)6)43(13,14)34-17-27(7)38(28(8)18-34)47-36-21-31(11)40(32(12)22-36)49-42(45)24(3)4/h25-40H,1,3,15-22H2,2,4-14H3. The monoisotopic (exact) mass is 685 g/mol. The second kappa shape index (κ2) is 16.3. The maximum absolute atomic E-state index is 12.2. The number of esters is 2. The van der Waals surface area contributed by atoms with Crippen LogP contribution in [0.4, 0.5) is 0 Å². The van der Waals surface area contributed by atoms with Crippen LogP contribution in [0.2, 0.25) is 0 Å². The summed E-state index contributed by atoms with van der Waals surface area (Å²) >= 11 is 0. The molecule has 0 radical (unpaired) electrons. The van der Waals surface area contributed by atoms with Crippen molar-refractivity contribution in [1.82, 2.24) is 0 Å². The number of rotatable bonds is 10. The third kappa shape index (κ3) is 9.42. The number of ether oxygens (including phenoxy) is 4. The van der Waals surface area contributed by atoms with Gasteiger partial charge in [-0.3, -0.25) is 0 Å². The van der Waals surface area contributed by atoms with Crippen LogP contribution in [0.15, 0.2) is 24.3 Å². The maximum Gasteiger partial charge on any atom is 0.333 e. The predicted octanol–water partition coefficient (Wildman–Crippen LogP) is 9.99. The van der Waals surface area contributed by atoms with Crippen LogP contribution < -0.4 is 0 Å². The summed E-state index contributed by atoms with van der Waals surface area (Å²) in [6.45, 7) is 34.6. The van der Waals surface area contributed by atoms with Crippen LogP contribution in [-0.2, 0) is 28.5 Å². The van der Waals surface area contributed by atoms with Crippen LogP contribution in [0.1, 0.15) is 134 Å². The first-order chi connectivity index (χ1) is 22.8. The Labute approximate surface area is 299 Å². The van der Waals surface area contributed by atoms with E-state index >= 15 is 0 Å². The van der Waals surface area contributed by atoms with E-state index in [1.54, 1.807) is 13.8 Å². The summed E-state index contributed by atoms with van der Waals surface area (Å²) in [4.78, 5) is 24.5. The third-order valence-corrected chi connectivity index (χ3v) is 13.6. The van der Waals surface area contributed by atoms with Gasteiger partial charge in [0.05, 0.1) is 24.4 Å². The second-order valence-electron chi connectivity index (χ2n) is 18.7. The highest BCUT2D eigenvalue weighted by Crippen LogP contribution is 2.53. The van der Waals surface area contributed by atoms with Gasteiger partial charge in [0.15, 0.2) is 0 Å². The van der Waals surface area contributed by atoms with Gasteiger partial charge in [-0.2, -0.15) is 0 Å². The van der Waals surface area contributed by atoms with E-state index in [0.29, 0.717) is 46.7 Å². The highest BCUT2D eigenvalue weighted by molar-refractivity contribution is 5.87. The molecule has 6 nitrogen and oxygen atoms in total.